The van der Waals surface area contributed by atoms with Gasteiger partial charge in [0.2, 0.25) is 5.95 Å². The lowest BCUT2D eigenvalue weighted by Crippen LogP contribution is -2.39. The molecular weight excluding hydrogens is 1870 g/mol. The molecule has 5 fully saturated rings. The number of rotatable bonds is 38. The summed E-state index contributed by atoms with van der Waals surface area (Å²) in [6, 6.07) is 11.5. The minimum Gasteiger partial charge on any atom is -0.387 e. The van der Waals surface area contributed by atoms with Crippen LogP contribution >= 0.6 is 39.1 Å². The van der Waals surface area contributed by atoms with Crippen molar-refractivity contribution < 1.29 is 151 Å². The molecule has 0 spiro atoms. The number of phosphoric acid groups is 5. The van der Waals surface area contributed by atoms with E-state index in [1.54, 1.807) is 0 Å². The molecule has 0 amide bonds. The summed E-state index contributed by atoms with van der Waals surface area (Å²) in [6.07, 6.45) is -26.5. The van der Waals surface area contributed by atoms with Crippen LogP contribution in [0.3, 0.4) is 0 Å². The molecule has 27 atom stereocenters. The van der Waals surface area contributed by atoms with Crippen molar-refractivity contribution in [3.8, 4) is 0 Å². The van der Waals surface area contributed by atoms with Crippen molar-refractivity contribution in [3.05, 3.63) is 145 Å². The molecule has 7 unspecified atom stereocenters. The lowest BCUT2D eigenvalue weighted by atomic mass is 9.89. The van der Waals surface area contributed by atoms with Crippen molar-refractivity contribution in [2.24, 2.45) is 10.2 Å². The third-order valence-electron chi connectivity index (χ3n) is 22.3. The van der Waals surface area contributed by atoms with Gasteiger partial charge >= 0.3 is 50.5 Å². The van der Waals surface area contributed by atoms with E-state index in [0.717, 1.165) is 109 Å². The minimum atomic E-state index is -5.96. The second-order valence-electron chi connectivity index (χ2n) is 30.7. The third kappa shape index (κ3) is 20.8. The van der Waals surface area contributed by atoms with Gasteiger partial charge in [0.05, 0.1) is 64.3 Å². The molecule has 16 rings (SSSR count). The number of phosphoric ester groups is 5. The SMILES string of the molecule is CO[C@@H]1[C@H](O)[C@@H](COP(=O)(O)O[C@H]2[C@@H](O)[C@H](n3ccc(N)nc3=O)O[C@@H]2COP(=O)(O)O[C@H]2[C@@H](O)[C@H](n3cnc4c(N)ncnc43)O[C@@H]2COP(=O)(O)O[C@H]2[C@@H](O)[C@H](n3ccc(=O)[nH]c3=O)O[C@@H]2COP(=O)(O)O[C@H]2[C@@H](OC)[C@H](n3cnc4c(=O)[nH]c(N)nc43)O[C@@H]2COP(=O)(O)OCCCCOC2CCCCCC3=C2N=NC3c2ccccc2)O[C@H]1n1cnc2c(N)ncnc21. The van der Waals surface area contributed by atoms with Crippen LogP contribution in [-0.2, 0) is 106 Å². The Morgan fingerprint density at radius 1 is 0.470 bits per heavy atom. The maximum Gasteiger partial charge on any atom is 0.472 e. The molecule has 132 heavy (non-hydrogen) atoms. The fraction of sp³-hybridized carbons (Fsp3) is 0.551. The van der Waals surface area contributed by atoms with Gasteiger partial charge in [0.15, 0.2) is 65.2 Å². The largest absolute Gasteiger partial charge is 0.472 e. The fourth-order valence-electron chi connectivity index (χ4n) is 16.1. The Balaban J connectivity index is 0.602. The van der Waals surface area contributed by atoms with E-state index >= 15 is 0 Å². The molecule has 8 aromatic heterocycles. The van der Waals surface area contributed by atoms with E-state index in [9.17, 15) is 86.9 Å². The maximum absolute atomic E-state index is 14.6. The lowest BCUT2D eigenvalue weighted by molar-refractivity contribution is -0.0661. The zero-order valence-electron chi connectivity index (χ0n) is 68.9. The van der Waals surface area contributed by atoms with Gasteiger partial charge in [-0.05, 0) is 49.3 Å². The zero-order valence-corrected chi connectivity index (χ0v) is 73.4. The molecule has 58 nitrogen and oxygen atoms in total. The topological polar surface area (TPSA) is 803 Å². The number of nitrogens with zero attached hydrogens (tertiary/aromatic N) is 16. The summed E-state index contributed by atoms with van der Waals surface area (Å²) in [5.41, 5.74) is 21.9. The maximum atomic E-state index is 14.6. The smallest absolute Gasteiger partial charge is 0.387 e. The molecule has 1 aromatic carbocycles. The van der Waals surface area contributed by atoms with Crippen molar-refractivity contribution >= 4 is 96.0 Å². The van der Waals surface area contributed by atoms with E-state index in [4.69, 9.17) is 106 Å². The van der Waals surface area contributed by atoms with Crippen LogP contribution in [0.25, 0.3) is 33.5 Å². The van der Waals surface area contributed by atoms with Crippen molar-refractivity contribution in [1.29, 1.82) is 0 Å². The number of unbranched alkanes of at least 4 members (excludes halogenated alkanes) is 1. The summed E-state index contributed by atoms with van der Waals surface area (Å²) >= 11 is 0. The first-order valence-electron chi connectivity index (χ1n) is 40.3. The Bertz CT molecular complexity index is 6250. The van der Waals surface area contributed by atoms with E-state index in [1.807, 2.05) is 35.3 Å². The van der Waals surface area contributed by atoms with Crippen LogP contribution in [0.5, 0.6) is 0 Å². The predicted octanol–water partition coefficient (Wildman–Crippen LogP) is -0.371. The predicted molar refractivity (Wildman–Crippen MR) is 439 cm³/mol. The number of ether oxygens (including phenoxy) is 8. The summed E-state index contributed by atoms with van der Waals surface area (Å²) in [7, 11) is -26.0. The van der Waals surface area contributed by atoms with Crippen LogP contribution in [0.4, 0.5) is 23.4 Å². The number of fused-ring (bicyclic) bond motifs is 3. The van der Waals surface area contributed by atoms with Gasteiger partial charge in [0.25, 0.3) is 11.1 Å². The van der Waals surface area contributed by atoms with Gasteiger partial charge < -0.3 is 106 Å². The Morgan fingerprint density at radius 2 is 0.947 bits per heavy atom. The van der Waals surface area contributed by atoms with E-state index in [-0.39, 0.29) is 82.7 Å². The number of hydrogen-bond acceptors (Lipinski definition) is 46. The zero-order chi connectivity index (χ0) is 93.6. The molecule has 63 heteroatoms. The minimum absolute atomic E-state index is 0.000403. The number of azo groups is 1. The number of nitrogen functional groups attached to an aromatic ring is 4. The van der Waals surface area contributed by atoms with Gasteiger partial charge in [-0.1, -0.05) is 43.2 Å². The number of aromatic amines is 2. The molecule has 0 bridgehead atoms. The van der Waals surface area contributed by atoms with Crippen LogP contribution in [-0.4, -0.2) is 281 Å². The van der Waals surface area contributed by atoms with Crippen LogP contribution in [0, 0.1) is 0 Å². The lowest BCUT2D eigenvalue weighted by Gasteiger charge is -2.27. The number of aliphatic hydroxyl groups is 4. The number of nitrogens with one attached hydrogen (secondary N) is 2. The molecule has 14 heterocycles. The van der Waals surface area contributed by atoms with Gasteiger partial charge in [0.1, 0.15) is 133 Å². The number of anilines is 4. The summed E-state index contributed by atoms with van der Waals surface area (Å²) in [5.74, 6) is -0.898. The van der Waals surface area contributed by atoms with E-state index in [1.165, 1.54) is 18.0 Å². The molecule has 0 radical (unpaired) electrons. The summed E-state index contributed by atoms with van der Waals surface area (Å²) < 4.78 is 178. The Morgan fingerprint density at radius 3 is 1.51 bits per heavy atom. The molecule has 6 aliphatic heterocycles. The number of imidazole rings is 3. The monoisotopic (exact) mass is 1960 g/mol. The normalized spacial score (nSPS) is 30.9. The molecule has 9 aromatic rings. The summed E-state index contributed by atoms with van der Waals surface area (Å²) in [5, 5.41) is 56.5. The molecule has 7 aliphatic rings. The highest BCUT2D eigenvalue weighted by atomic mass is 31.2. The third-order valence-corrected chi connectivity index (χ3v) is 27.2. The Hall–Kier alpha value is -9.16. The number of aromatic nitrogens is 16. The number of aliphatic hydroxyl groups excluding tert-OH is 4. The fourth-order valence-corrected chi connectivity index (χ4v) is 20.7. The highest BCUT2D eigenvalue weighted by Crippen LogP contribution is 2.57. The van der Waals surface area contributed by atoms with Gasteiger partial charge in [-0.2, -0.15) is 20.2 Å². The van der Waals surface area contributed by atoms with Crippen molar-refractivity contribution in [3.63, 3.8) is 0 Å². The van der Waals surface area contributed by atoms with Crippen LogP contribution in [0.15, 0.2) is 127 Å². The standard InChI is InChI=1S/C69H89N22O36P5/c1-110-54-46(93)34(119-65(54)90-29-79-44-57(72)75-27-77-59(44)90)21-115-129(102,103)124-50-35(120-62(47(50)94)87-17-15-39(70)81-68(87)98)22-116-131(106,107)126-52-37(122-64(49(52)96)89-28-78-43-56(71)74-26-76-58(43)89)24-117-130(104,105)125-51-36(121-63(48(51)95)88-18-16-40(92)82-69(88)99)23-118-132(108,109)127-53-38(123-66(55(53)111-2)91-30-80-45-60(91)83-67(73)84-61(45)97)25-114-128(100,101)113-20-10-9-19-112-33-14-8-4-7-13-32-41(85-86-42(32)33)31-11-5-3-6-12-31/h3,5-6,11-12,15-18,26-30,33-38,41,46-55,62-66,93-96H,4,7-10,13-14,19-25H2,1-2H3,(H,100,101)(H,102,103)(H,104,105)(H,106,107)(H,108,109)(H2,70,81,98)(H2,71,74,76)(H2,72,75,77)(H,82,92,99)(H3,73,83,84,97)/t33?,34-,35-,36-,37-,38-,41?,46-,47-,48-,49-,50-,51-,52-,53-,54-,55-,62-,63-,64-,65-,66-/m1/s1. The van der Waals surface area contributed by atoms with E-state index < -0.39 is 223 Å². The average Bonchev–Trinajstić information content (AvgIpc) is 1.60. The molecule has 19 N–H and O–H groups in total. The van der Waals surface area contributed by atoms with Crippen LogP contribution < -0.4 is 45.4 Å². The van der Waals surface area contributed by atoms with Crippen LogP contribution in [0.2, 0.25) is 0 Å². The number of hydrogen-bond donors (Lipinski definition) is 15. The number of benzene rings is 1. The number of nitrogens with two attached hydrogens (primary N) is 4. The van der Waals surface area contributed by atoms with Crippen LogP contribution in [0.1, 0.15) is 87.7 Å². The first-order valence-corrected chi connectivity index (χ1v) is 47.8. The highest BCUT2D eigenvalue weighted by molar-refractivity contribution is 7.48. The molecule has 5 saturated heterocycles. The summed E-state index contributed by atoms with van der Waals surface area (Å²) in [6.45, 7) is -6.15. The van der Waals surface area contributed by atoms with Gasteiger partial charge in [-0.25, -0.2) is 67.3 Å². The van der Waals surface area contributed by atoms with Gasteiger partial charge in [-0.3, -0.25) is 87.6 Å². The molecular formula is C69H89N22O36P5. The van der Waals surface area contributed by atoms with Crippen molar-refractivity contribution in [2.45, 2.75) is 180 Å². The average molecular weight is 1960 g/mol. The van der Waals surface area contributed by atoms with Crippen molar-refractivity contribution in [2.75, 3.05) is 83.4 Å². The second kappa shape index (κ2) is 39.6. The van der Waals surface area contributed by atoms with Gasteiger partial charge in [-0.15, -0.1) is 0 Å². The van der Waals surface area contributed by atoms with Gasteiger partial charge in [0, 0.05) is 39.3 Å². The number of methoxy groups -OCH3 is 2. The quantitative estimate of drug-likeness (QED) is 0.0173. The van der Waals surface area contributed by atoms with E-state index in [2.05, 4.69) is 60.1 Å². The Kier molecular flexibility index (Phi) is 28.8. The van der Waals surface area contributed by atoms with Crippen molar-refractivity contribution in [1.82, 2.24) is 77.7 Å². The first kappa shape index (κ1) is 96.0. The molecule has 716 valence electrons. The molecule has 0 saturated carbocycles. The summed E-state index contributed by atoms with van der Waals surface area (Å²) in [4.78, 5) is 150. The van der Waals surface area contributed by atoms with E-state index in [0.29, 0.717) is 22.0 Å². The first-order chi connectivity index (χ1) is 63.0. The molecule has 1 aliphatic carbocycles. The number of H-pyrrole nitrogens is 2. The second-order valence-corrected chi connectivity index (χ2v) is 37.8. The Labute approximate surface area is 740 Å². The highest BCUT2D eigenvalue weighted by Gasteiger charge is 2.58.